The number of ether oxygens (including phenoxy) is 1. The number of rotatable bonds is 8. The van der Waals surface area contributed by atoms with Gasteiger partial charge >= 0.3 is 5.97 Å². The minimum Gasteiger partial charge on any atom is -0.465 e. The lowest BCUT2D eigenvalue weighted by atomic mass is 10.1. The fraction of sp³-hybridized carbons (Fsp3) is 0.278. The number of para-hydroxylation sites is 1. The molecule has 1 aromatic heterocycles. The molecule has 27 heavy (non-hydrogen) atoms. The van der Waals surface area contributed by atoms with Crippen LogP contribution in [0.5, 0.6) is 0 Å². The molecule has 0 spiro atoms. The molecule has 2 aromatic rings. The molecule has 0 radical (unpaired) electrons. The Bertz CT molecular complexity index is 900. The highest BCUT2D eigenvalue weighted by Gasteiger charge is 2.24. The molecule has 8 nitrogen and oxygen atoms in total. The number of nitrogens with zero attached hydrogens (tertiary/aromatic N) is 2. The van der Waals surface area contributed by atoms with E-state index in [1.165, 1.54) is 19.2 Å². The minimum atomic E-state index is -3.71. The number of methoxy groups -OCH3 is 1. The van der Waals surface area contributed by atoms with E-state index in [9.17, 15) is 18.0 Å². The van der Waals surface area contributed by atoms with Crippen LogP contribution in [0.4, 0.5) is 5.69 Å². The van der Waals surface area contributed by atoms with Crippen molar-refractivity contribution >= 4 is 27.6 Å². The number of nitrogens with one attached hydrogen (secondary N) is 1. The minimum absolute atomic E-state index is 0.0666. The summed E-state index contributed by atoms with van der Waals surface area (Å²) in [5, 5.41) is 2.71. The zero-order valence-electron chi connectivity index (χ0n) is 15.1. The molecule has 9 heteroatoms. The number of hydrogen-bond acceptors (Lipinski definition) is 6. The summed E-state index contributed by atoms with van der Waals surface area (Å²) in [6.45, 7) is 0.190. The zero-order valence-corrected chi connectivity index (χ0v) is 15.9. The average molecular weight is 391 g/mol. The fourth-order valence-corrected chi connectivity index (χ4v) is 3.37. The largest absolute Gasteiger partial charge is 0.465 e. The maximum absolute atomic E-state index is 12.2. The number of carbonyl (C=O) groups excluding carboxylic acids is 2. The number of carbonyl (C=O) groups is 2. The van der Waals surface area contributed by atoms with Gasteiger partial charge in [-0.2, -0.15) is 0 Å². The maximum Gasteiger partial charge on any atom is 0.340 e. The molecule has 1 heterocycles. The summed E-state index contributed by atoms with van der Waals surface area (Å²) in [5.74, 6) is -0.969. The van der Waals surface area contributed by atoms with Crippen molar-refractivity contribution in [1.82, 2.24) is 10.3 Å². The highest BCUT2D eigenvalue weighted by atomic mass is 32.2. The van der Waals surface area contributed by atoms with E-state index in [4.69, 9.17) is 4.74 Å². The zero-order chi connectivity index (χ0) is 19.9. The Labute approximate surface area is 158 Å². The van der Waals surface area contributed by atoms with E-state index in [0.717, 1.165) is 16.1 Å². The van der Waals surface area contributed by atoms with Gasteiger partial charge in [0.15, 0.2) is 0 Å². The molecule has 0 saturated heterocycles. The van der Waals surface area contributed by atoms with E-state index in [1.807, 2.05) is 6.07 Å². The topological polar surface area (TPSA) is 106 Å². The Morgan fingerprint density at radius 3 is 2.56 bits per heavy atom. The smallest absolute Gasteiger partial charge is 0.340 e. The molecule has 2 rings (SSSR count). The summed E-state index contributed by atoms with van der Waals surface area (Å²) >= 11 is 0. The maximum atomic E-state index is 12.2. The quantitative estimate of drug-likeness (QED) is 0.681. The van der Waals surface area contributed by atoms with Gasteiger partial charge < -0.3 is 10.1 Å². The number of esters is 1. The number of anilines is 1. The van der Waals surface area contributed by atoms with Crippen molar-refractivity contribution in [1.29, 1.82) is 0 Å². The summed E-state index contributed by atoms with van der Waals surface area (Å²) in [4.78, 5) is 28.0. The number of hydrogen-bond donors (Lipinski definition) is 1. The van der Waals surface area contributed by atoms with Crippen LogP contribution in [0.2, 0.25) is 0 Å². The number of aromatic nitrogens is 1. The number of amides is 1. The Kier molecular flexibility index (Phi) is 6.89. The normalized spacial score (nSPS) is 10.9. The second-order valence-electron chi connectivity index (χ2n) is 5.73. The molecule has 0 atom stereocenters. The molecule has 0 unspecified atom stereocenters. The lowest BCUT2D eigenvalue weighted by molar-refractivity contribution is -0.121. The van der Waals surface area contributed by atoms with Gasteiger partial charge in [0.25, 0.3) is 0 Å². The van der Waals surface area contributed by atoms with Gasteiger partial charge in [-0.05, 0) is 23.8 Å². The third-order valence-corrected chi connectivity index (χ3v) is 4.91. The Hall–Kier alpha value is -2.94. The molecule has 1 aromatic carbocycles. The van der Waals surface area contributed by atoms with Crippen LogP contribution in [-0.4, -0.2) is 45.2 Å². The van der Waals surface area contributed by atoms with Crippen molar-refractivity contribution in [2.75, 3.05) is 24.2 Å². The molecular weight excluding hydrogens is 370 g/mol. The highest BCUT2D eigenvalue weighted by molar-refractivity contribution is 7.92. The number of pyridine rings is 1. The van der Waals surface area contributed by atoms with Crippen LogP contribution in [0, 0.1) is 0 Å². The van der Waals surface area contributed by atoms with Gasteiger partial charge in [-0.1, -0.05) is 18.2 Å². The molecule has 1 amide bonds. The summed E-state index contributed by atoms with van der Waals surface area (Å²) in [5.41, 5.74) is 1.12. The molecular formula is C18H21N3O5S. The second kappa shape index (κ2) is 9.13. The Balaban J connectivity index is 2.10. The Morgan fingerprint density at radius 2 is 1.93 bits per heavy atom. The molecule has 0 aliphatic heterocycles. The highest BCUT2D eigenvalue weighted by Crippen LogP contribution is 2.24. The van der Waals surface area contributed by atoms with E-state index < -0.39 is 16.0 Å². The van der Waals surface area contributed by atoms with Crippen molar-refractivity contribution in [3.05, 3.63) is 59.9 Å². The van der Waals surface area contributed by atoms with E-state index in [-0.39, 0.29) is 30.1 Å². The lowest BCUT2D eigenvalue weighted by Crippen LogP contribution is -2.35. The van der Waals surface area contributed by atoms with Gasteiger partial charge in [0.1, 0.15) is 0 Å². The third-order valence-electron chi connectivity index (χ3n) is 3.73. The van der Waals surface area contributed by atoms with Gasteiger partial charge in [0.05, 0.1) is 24.6 Å². The van der Waals surface area contributed by atoms with Gasteiger partial charge in [-0.3, -0.25) is 14.1 Å². The van der Waals surface area contributed by atoms with Gasteiger partial charge in [0.2, 0.25) is 15.9 Å². The first-order valence-electron chi connectivity index (χ1n) is 8.13. The van der Waals surface area contributed by atoms with Crippen LogP contribution in [0.25, 0.3) is 0 Å². The Morgan fingerprint density at radius 1 is 1.19 bits per heavy atom. The van der Waals surface area contributed by atoms with Crippen molar-refractivity contribution in [3.8, 4) is 0 Å². The fourth-order valence-electron chi connectivity index (χ4n) is 2.43. The molecule has 0 aliphatic carbocycles. The van der Waals surface area contributed by atoms with Gasteiger partial charge in [0, 0.05) is 31.9 Å². The SMILES string of the molecule is COC(=O)c1ccccc1N(CCC(=O)NCc1cccnc1)S(C)(=O)=O. The average Bonchev–Trinajstić information content (AvgIpc) is 2.66. The molecule has 0 aliphatic rings. The first-order valence-corrected chi connectivity index (χ1v) is 9.98. The van der Waals surface area contributed by atoms with Crippen molar-refractivity contribution in [3.63, 3.8) is 0 Å². The summed E-state index contributed by atoms with van der Waals surface area (Å²) in [6.07, 6.45) is 4.22. The monoisotopic (exact) mass is 391 g/mol. The molecule has 1 N–H and O–H groups in total. The first-order chi connectivity index (χ1) is 12.8. The summed E-state index contributed by atoms with van der Waals surface area (Å²) in [7, 11) is -2.49. The van der Waals surface area contributed by atoms with Crippen LogP contribution in [0.15, 0.2) is 48.8 Å². The predicted molar refractivity (Wildman–Crippen MR) is 101 cm³/mol. The lowest BCUT2D eigenvalue weighted by Gasteiger charge is -2.24. The first kappa shape index (κ1) is 20.4. The molecule has 0 bridgehead atoms. The van der Waals surface area contributed by atoms with E-state index >= 15 is 0 Å². The molecule has 0 fully saturated rings. The van der Waals surface area contributed by atoms with E-state index in [2.05, 4.69) is 10.3 Å². The number of benzene rings is 1. The van der Waals surface area contributed by atoms with Crippen LogP contribution in [0.1, 0.15) is 22.3 Å². The summed E-state index contributed by atoms with van der Waals surface area (Å²) in [6, 6.07) is 9.78. The van der Waals surface area contributed by atoms with Gasteiger partial charge in [-0.15, -0.1) is 0 Å². The van der Waals surface area contributed by atoms with Crippen molar-refractivity contribution in [2.24, 2.45) is 0 Å². The van der Waals surface area contributed by atoms with Gasteiger partial charge in [-0.25, -0.2) is 13.2 Å². The molecule has 0 saturated carbocycles. The van der Waals surface area contributed by atoms with E-state index in [1.54, 1.807) is 30.6 Å². The van der Waals surface area contributed by atoms with Crippen molar-refractivity contribution < 1.29 is 22.7 Å². The van der Waals surface area contributed by atoms with Crippen LogP contribution < -0.4 is 9.62 Å². The second-order valence-corrected chi connectivity index (χ2v) is 7.64. The summed E-state index contributed by atoms with van der Waals surface area (Å²) < 4.78 is 30.2. The van der Waals surface area contributed by atoms with Crippen LogP contribution in [0.3, 0.4) is 0 Å². The van der Waals surface area contributed by atoms with Crippen molar-refractivity contribution in [2.45, 2.75) is 13.0 Å². The van der Waals surface area contributed by atoms with Crippen LogP contribution in [-0.2, 0) is 26.1 Å². The third kappa shape index (κ3) is 5.78. The van der Waals surface area contributed by atoms with Crippen LogP contribution >= 0.6 is 0 Å². The standard InChI is InChI=1S/C18H21N3O5S/c1-26-18(23)15-7-3-4-8-16(15)21(27(2,24)25)11-9-17(22)20-13-14-6-5-10-19-12-14/h3-8,10,12H,9,11,13H2,1-2H3,(H,20,22). The number of sulfonamides is 1. The molecule has 144 valence electrons. The van der Waals surface area contributed by atoms with E-state index in [0.29, 0.717) is 6.54 Å². The predicted octanol–water partition coefficient (Wildman–Crippen LogP) is 1.34.